The number of ketones is 1. The molecule has 23 heavy (non-hydrogen) atoms. The molecule has 4 nitrogen and oxygen atoms in total. The van der Waals surface area contributed by atoms with Gasteiger partial charge in [-0.3, -0.25) is 9.59 Å². The molecular weight excluding hydrogens is 290 g/mol. The van der Waals surface area contributed by atoms with Crippen LogP contribution in [0.15, 0.2) is 48.5 Å². The summed E-state index contributed by atoms with van der Waals surface area (Å²) in [5.74, 6) is -0.979. The minimum absolute atomic E-state index is 0.00563. The van der Waals surface area contributed by atoms with Crippen LogP contribution in [0.4, 0.5) is 5.69 Å². The first-order chi connectivity index (χ1) is 11.1. The topological polar surface area (TPSA) is 57.6 Å². The van der Waals surface area contributed by atoms with Crippen LogP contribution in [0.25, 0.3) is 0 Å². The maximum absolute atomic E-state index is 12.9. The fourth-order valence-electron chi connectivity index (χ4n) is 3.63. The molecule has 0 aromatic heterocycles. The van der Waals surface area contributed by atoms with E-state index < -0.39 is 17.3 Å². The molecule has 1 atom stereocenters. The molecule has 1 N–H and O–H groups in total. The molecule has 0 bridgehead atoms. The molecule has 0 fully saturated rings. The Kier molecular flexibility index (Phi) is 3.10. The number of carbonyl (C=O) groups is 2. The van der Waals surface area contributed by atoms with Gasteiger partial charge in [0.1, 0.15) is 0 Å². The van der Waals surface area contributed by atoms with Gasteiger partial charge < -0.3 is 10.0 Å². The molecule has 2 heterocycles. The molecule has 1 amide bonds. The van der Waals surface area contributed by atoms with Gasteiger partial charge >= 0.3 is 0 Å². The molecule has 0 saturated heterocycles. The molecule has 2 aliphatic heterocycles. The summed E-state index contributed by atoms with van der Waals surface area (Å²) in [6.45, 7) is 0.549. The molecule has 0 radical (unpaired) electrons. The molecule has 2 aromatic carbocycles. The second-order valence-electron chi connectivity index (χ2n) is 6.23. The zero-order valence-corrected chi connectivity index (χ0v) is 12.7. The number of hydrogen-bond donors (Lipinski definition) is 1. The average Bonchev–Trinajstić information content (AvgIpc) is 2.59. The number of benzene rings is 2. The number of aliphatic hydroxyl groups is 1. The zero-order valence-electron chi connectivity index (χ0n) is 12.7. The minimum atomic E-state index is -2.01. The van der Waals surface area contributed by atoms with Gasteiger partial charge in [-0.2, -0.15) is 0 Å². The van der Waals surface area contributed by atoms with Crippen LogP contribution in [-0.4, -0.2) is 28.9 Å². The summed E-state index contributed by atoms with van der Waals surface area (Å²) < 4.78 is 0. The Morgan fingerprint density at radius 2 is 1.83 bits per heavy atom. The lowest BCUT2D eigenvalue weighted by molar-refractivity contribution is -0.133. The predicted molar refractivity (Wildman–Crippen MR) is 86.5 cm³/mol. The number of aryl methyl sites for hydroxylation is 1. The molecule has 0 aliphatic carbocycles. The van der Waals surface area contributed by atoms with E-state index in [0.717, 1.165) is 24.0 Å². The summed E-state index contributed by atoms with van der Waals surface area (Å²) in [4.78, 5) is 27.4. The number of anilines is 1. The third-order valence-electron chi connectivity index (χ3n) is 4.74. The van der Waals surface area contributed by atoms with Gasteiger partial charge in [0.15, 0.2) is 0 Å². The van der Waals surface area contributed by atoms with Gasteiger partial charge in [-0.05, 0) is 30.0 Å². The van der Waals surface area contributed by atoms with Crippen molar-refractivity contribution >= 4 is 17.4 Å². The van der Waals surface area contributed by atoms with E-state index >= 15 is 0 Å². The molecule has 4 heteroatoms. The summed E-state index contributed by atoms with van der Waals surface area (Å²) in [5.41, 5.74) is 0.932. The van der Waals surface area contributed by atoms with Crippen molar-refractivity contribution in [1.82, 2.24) is 0 Å². The molecule has 4 rings (SSSR count). The van der Waals surface area contributed by atoms with Crippen molar-refractivity contribution in [3.63, 3.8) is 0 Å². The average molecular weight is 307 g/mol. The SMILES string of the molecule is O=C1c2cccc3c2N(CCC3)C(=O)C1(O)Cc1ccccc1. The minimum Gasteiger partial charge on any atom is -0.373 e. The quantitative estimate of drug-likeness (QED) is 0.865. The van der Waals surface area contributed by atoms with Crippen molar-refractivity contribution in [2.24, 2.45) is 0 Å². The Morgan fingerprint density at radius 1 is 1.04 bits per heavy atom. The van der Waals surface area contributed by atoms with Gasteiger partial charge in [-0.1, -0.05) is 42.5 Å². The van der Waals surface area contributed by atoms with Gasteiger partial charge in [-0.15, -0.1) is 0 Å². The first kappa shape index (κ1) is 14.2. The summed E-state index contributed by atoms with van der Waals surface area (Å²) in [5, 5.41) is 11.0. The first-order valence-electron chi connectivity index (χ1n) is 7.86. The Labute approximate surface area is 134 Å². The molecule has 0 saturated carbocycles. The van der Waals surface area contributed by atoms with Crippen molar-refractivity contribution in [2.75, 3.05) is 11.4 Å². The second-order valence-corrected chi connectivity index (χ2v) is 6.23. The van der Waals surface area contributed by atoms with E-state index in [0.29, 0.717) is 17.8 Å². The smallest absolute Gasteiger partial charge is 0.267 e. The van der Waals surface area contributed by atoms with Crippen molar-refractivity contribution in [2.45, 2.75) is 24.9 Å². The molecular formula is C19H17NO3. The van der Waals surface area contributed by atoms with Gasteiger partial charge in [-0.25, -0.2) is 0 Å². The third kappa shape index (κ3) is 2.02. The number of amides is 1. The van der Waals surface area contributed by atoms with E-state index in [9.17, 15) is 14.7 Å². The van der Waals surface area contributed by atoms with Crippen molar-refractivity contribution in [3.05, 3.63) is 65.2 Å². The molecule has 1 unspecified atom stereocenters. The number of carbonyl (C=O) groups excluding carboxylic acids is 2. The maximum Gasteiger partial charge on any atom is 0.267 e. The van der Waals surface area contributed by atoms with Crippen LogP contribution < -0.4 is 4.90 Å². The summed E-state index contributed by atoms with van der Waals surface area (Å²) >= 11 is 0. The van der Waals surface area contributed by atoms with Gasteiger partial charge in [0.25, 0.3) is 5.91 Å². The lowest BCUT2D eigenvalue weighted by atomic mass is 9.79. The van der Waals surface area contributed by atoms with E-state index in [1.165, 1.54) is 0 Å². The monoisotopic (exact) mass is 307 g/mol. The van der Waals surface area contributed by atoms with Crippen LogP contribution in [0, 0.1) is 0 Å². The molecule has 116 valence electrons. The number of Topliss-reactive ketones (excluding diaryl/α,β-unsaturated/α-hetero) is 1. The first-order valence-corrected chi connectivity index (χ1v) is 7.86. The number of para-hydroxylation sites is 1. The zero-order chi connectivity index (χ0) is 16.0. The normalized spacial score (nSPS) is 22.9. The van der Waals surface area contributed by atoms with Gasteiger partial charge in [0.2, 0.25) is 11.4 Å². The van der Waals surface area contributed by atoms with Gasteiger partial charge in [0.05, 0.1) is 5.69 Å². The Bertz CT molecular complexity index is 800. The Morgan fingerprint density at radius 3 is 2.61 bits per heavy atom. The van der Waals surface area contributed by atoms with E-state index in [-0.39, 0.29) is 6.42 Å². The highest BCUT2D eigenvalue weighted by Gasteiger charge is 2.52. The summed E-state index contributed by atoms with van der Waals surface area (Å²) in [6, 6.07) is 14.7. The lowest BCUT2D eigenvalue weighted by Crippen LogP contribution is -2.60. The highest BCUT2D eigenvalue weighted by Crippen LogP contribution is 2.39. The number of rotatable bonds is 2. The summed E-state index contributed by atoms with van der Waals surface area (Å²) in [7, 11) is 0. The highest BCUT2D eigenvalue weighted by atomic mass is 16.3. The van der Waals surface area contributed by atoms with E-state index in [1.807, 2.05) is 42.5 Å². The van der Waals surface area contributed by atoms with Crippen LogP contribution in [-0.2, 0) is 17.6 Å². The number of hydrogen-bond acceptors (Lipinski definition) is 3. The Hall–Kier alpha value is -2.46. The number of nitrogens with zero attached hydrogens (tertiary/aromatic N) is 1. The largest absolute Gasteiger partial charge is 0.373 e. The van der Waals surface area contributed by atoms with Crippen LogP contribution in [0.3, 0.4) is 0 Å². The lowest BCUT2D eigenvalue weighted by Gasteiger charge is -2.41. The van der Waals surface area contributed by atoms with Crippen LogP contribution >= 0.6 is 0 Å². The van der Waals surface area contributed by atoms with E-state index in [2.05, 4.69) is 0 Å². The van der Waals surface area contributed by atoms with Crippen LogP contribution in [0.5, 0.6) is 0 Å². The molecule has 0 spiro atoms. The highest BCUT2D eigenvalue weighted by molar-refractivity contribution is 6.27. The van der Waals surface area contributed by atoms with Crippen molar-refractivity contribution < 1.29 is 14.7 Å². The Balaban J connectivity index is 1.84. The van der Waals surface area contributed by atoms with E-state index in [1.54, 1.807) is 11.0 Å². The fraction of sp³-hybridized carbons (Fsp3) is 0.263. The predicted octanol–water partition coefficient (Wildman–Crippen LogP) is 2.14. The van der Waals surface area contributed by atoms with Gasteiger partial charge in [0, 0.05) is 18.5 Å². The second kappa shape index (κ2) is 5.03. The summed E-state index contributed by atoms with van der Waals surface area (Å²) in [6.07, 6.45) is 1.71. The van der Waals surface area contributed by atoms with Crippen molar-refractivity contribution in [1.29, 1.82) is 0 Å². The standard InChI is InChI=1S/C19H17NO3/c21-17-15-10-4-8-14-9-5-11-20(16(14)15)18(22)19(17,23)12-13-6-2-1-3-7-13/h1-4,6-8,10,23H,5,9,11-12H2. The van der Waals surface area contributed by atoms with Crippen molar-refractivity contribution in [3.8, 4) is 0 Å². The van der Waals surface area contributed by atoms with Crippen LogP contribution in [0.1, 0.15) is 27.9 Å². The molecule has 2 aliphatic rings. The fourth-order valence-corrected chi connectivity index (χ4v) is 3.63. The van der Waals surface area contributed by atoms with E-state index in [4.69, 9.17) is 0 Å². The molecule has 2 aromatic rings. The maximum atomic E-state index is 12.9. The third-order valence-corrected chi connectivity index (χ3v) is 4.74. The van der Waals surface area contributed by atoms with Crippen LogP contribution in [0.2, 0.25) is 0 Å².